The van der Waals surface area contributed by atoms with Crippen molar-refractivity contribution in [3.63, 3.8) is 0 Å². The van der Waals surface area contributed by atoms with Crippen LogP contribution < -0.4 is 5.32 Å². The topological polar surface area (TPSA) is 143 Å². The zero-order chi connectivity index (χ0) is 15.0. The minimum absolute atomic E-state index is 0.0727. The number of fused-ring (bicyclic) bond motifs is 1. The van der Waals surface area contributed by atoms with Crippen LogP contribution in [0.4, 0.5) is 10.6 Å². The molecule has 112 valence electrons. The predicted octanol–water partition coefficient (Wildman–Crippen LogP) is -0.443. The number of rotatable bonds is 3. The molecule has 1 amide bonds. The monoisotopic (exact) mass is 295 g/mol. The van der Waals surface area contributed by atoms with Crippen LogP contribution in [0.2, 0.25) is 0 Å². The van der Waals surface area contributed by atoms with Crippen molar-refractivity contribution in [1.82, 2.24) is 19.5 Å². The van der Waals surface area contributed by atoms with Crippen LogP contribution in [0.15, 0.2) is 12.7 Å². The molecule has 0 aliphatic carbocycles. The molecule has 1 aliphatic rings. The maximum atomic E-state index is 10.7. The number of carbonyl (C=O) groups is 1. The van der Waals surface area contributed by atoms with Gasteiger partial charge in [0.1, 0.15) is 18.7 Å². The van der Waals surface area contributed by atoms with Gasteiger partial charge in [-0.1, -0.05) is 0 Å². The lowest BCUT2D eigenvalue weighted by Gasteiger charge is -2.13. The zero-order valence-corrected chi connectivity index (χ0v) is 10.7. The van der Waals surface area contributed by atoms with E-state index >= 15 is 0 Å². The third-order valence-electron chi connectivity index (χ3n) is 3.28. The summed E-state index contributed by atoms with van der Waals surface area (Å²) in [7, 11) is 0. The molecule has 0 unspecified atom stereocenters. The number of hydrogen-bond acceptors (Lipinski definition) is 7. The number of aromatic nitrogens is 4. The van der Waals surface area contributed by atoms with E-state index in [1.165, 1.54) is 12.7 Å². The number of amides is 1. The Labute approximate surface area is 118 Å². The van der Waals surface area contributed by atoms with Crippen LogP contribution in [-0.4, -0.2) is 59.7 Å². The van der Waals surface area contributed by atoms with Gasteiger partial charge in [-0.25, -0.2) is 19.7 Å². The molecule has 0 aromatic carbocycles. The Kier molecular flexibility index (Phi) is 3.41. The average Bonchev–Trinajstić information content (AvgIpc) is 3.02. The number of imidazole rings is 1. The molecule has 0 saturated carbocycles. The van der Waals surface area contributed by atoms with Crippen molar-refractivity contribution in [1.29, 1.82) is 0 Å². The van der Waals surface area contributed by atoms with Crippen molar-refractivity contribution in [2.75, 3.05) is 11.9 Å². The van der Waals surface area contributed by atoms with Crippen LogP contribution in [0.25, 0.3) is 11.2 Å². The number of nitrogens with one attached hydrogen (secondary N) is 1. The Morgan fingerprint density at radius 3 is 2.95 bits per heavy atom. The summed E-state index contributed by atoms with van der Waals surface area (Å²) in [5.74, 6) is 0.0727. The summed E-state index contributed by atoms with van der Waals surface area (Å²) in [5.41, 5.74) is 0.662. The SMILES string of the molecule is O=C(O)Nc1ncnc2c1ncn2[C@H]1C[C@H](O)[C@@H](CO)O1. The van der Waals surface area contributed by atoms with Gasteiger partial charge in [-0.3, -0.25) is 9.88 Å². The van der Waals surface area contributed by atoms with Crippen molar-refractivity contribution in [2.24, 2.45) is 0 Å². The Morgan fingerprint density at radius 2 is 2.29 bits per heavy atom. The molecule has 1 saturated heterocycles. The highest BCUT2D eigenvalue weighted by atomic mass is 16.5. The molecule has 0 bridgehead atoms. The van der Waals surface area contributed by atoms with Crippen molar-refractivity contribution in [3.8, 4) is 0 Å². The number of ether oxygens (including phenoxy) is 1. The second-order valence-corrected chi connectivity index (χ2v) is 4.59. The van der Waals surface area contributed by atoms with E-state index in [4.69, 9.17) is 14.9 Å². The first-order valence-corrected chi connectivity index (χ1v) is 6.22. The van der Waals surface area contributed by atoms with Crippen LogP contribution in [0.3, 0.4) is 0 Å². The van der Waals surface area contributed by atoms with E-state index in [9.17, 15) is 9.90 Å². The van der Waals surface area contributed by atoms with Gasteiger partial charge in [0.25, 0.3) is 0 Å². The number of anilines is 1. The maximum Gasteiger partial charge on any atom is 0.410 e. The summed E-state index contributed by atoms with van der Waals surface area (Å²) < 4.78 is 7.09. The molecule has 10 heteroatoms. The first-order chi connectivity index (χ1) is 10.1. The standard InChI is InChI=1S/C11H13N5O5/c17-2-6-5(18)1-7(21-6)16-4-14-8-9(15-11(19)20)12-3-13-10(8)16/h3-7,17-18H,1-2H2,(H,19,20)(H,12,13,15)/t5-,6+,7+/m0/s1. The lowest BCUT2D eigenvalue weighted by molar-refractivity contribution is -0.0432. The number of carboxylic acid groups (broad SMARTS) is 1. The first-order valence-electron chi connectivity index (χ1n) is 6.22. The summed E-state index contributed by atoms with van der Waals surface area (Å²) in [4.78, 5) is 22.7. The van der Waals surface area contributed by atoms with Crippen LogP contribution in [-0.2, 0) is 4.74 Å². The highest BCUT2D eigenvalue weighted by Crippen LogP contribution is 2.31. The molecule has 2 aromatic rings. The third kappa shape index (κ3) is 2.39. The molecule has 1 aliphatic heterocycles. The highest BCUT2D eigenvalue weighted by Gasteiger charge is 2.35. The number of nitrogens with zero attached hydrogens (tertiary/aromatic N) is 4. The van der Waals surface area contributed by atoms with E-state index in [0.717, 1.165) is 0 Å². The molecule has 2 aromatic heterocycles. The summed E-state index contributed by atoms with van der Waals surface area (Å²) in [6.07, 6.45) is -0.305. The molecule has 1 fully saturated rings. The predicted molar refractivity (Wildman–Crippen MR) is 68.6 cm³/mol. The maximum absolute atomic E-state index is 10.7. The van der Waals surface area contributed by atoms with E-state index in [0.29, 0.717) is 5.65 Å². The van der Waals surface area contributed by atoms with E-state index < -0.39 is 24.5 Å². The van der Waals surface area contributed by atoms with Gasteiger partial charge in [-0.15, -0.1) is 0 Å². The number of aliphatic hydroxyl groups is 2. The minimum atomic E-state index is -1.25. The van der Waals surface area contributed by atoms with Crippen LogP contribution in [0.1, 0.15) is 12.6 Å². The second kappa shape index (κ2) is 5.24. The smallest absolute Gasteiger partial charge is 0.410 e. The quantitative estimate of drug-likeness (QED) is 0.596. The first kappa shape index (κ1) is 13.7. The van der Waals surface area contributed by atoms with Gasteiger partial charge in [-0.05, 0) is 0 Å². The Hall–Kier alpha value is -2.30. The Balaban J connectivity index is 1.96. The molecule has 10 nitrogen and oxygen atoms in total. The largest absolute Gasteiger partial charge is 0.465 e. The van der Waals surface area contributed by atoms with Gasteiger partial charge in [0.2, 0.25) is 0 Å². The molecule has 0 radical (unpaired) electrons. The van der Waals surface area contributed by atoms with Gasteiger partial charge in [0.05, 0.1) is 19.0 Å². The van der Waals surface area contributed by atoms with Gasteiger partial charge in [0, 0.05) is 6.42 Å². The molecule has 3 heterocycles. The second-order valence-electron chi connectivity index (χ2n) is 4.59. The van der Waals surface area contributed by atoms with Crippen molar-refractivity contribution in [2.45, 2.75) is 24.9 Å². The molecule has 21 heavy (non-hydrogen) atoms. The van der Waals surface area contributed by atoms with E-state index in [2.05, 4.69) is 20.3 Å². The fourth-order valence-electron chi connectivity index (χ4n) is 2.31. The molecule has 4 N–H and O–H groups in total. The summed E-state index contributed by atoms with van der Waals surface area (Å²) in [6.45, 7) is -0.287. The third-order valence-corrected chi connectivity index (χ3v) is 3.28. The molecule has 0 spiro atoms. The van der Waals surface area contributed by atoms with Crippen molar-refractivity contribution >= 4 is 23.1 Å². The molecule has 3 rings (SSSR count). The van der Waals surface area contributed by atoms with Gasteiger partial charge in [-0.2, -0.15) is 0 Å². The van der Waals surface area contributed by atoms with Gasteiger partial charge >= 0.3 is 6.09 Å². The highest BCUT2D eigenvalue weighted by molar-refractivity contribution is 5.92. The van der Waals surface area contributed by atoms with E-state index in [1.807, 2.05) is 0 Å². The molecular weight excluding hydrogens is 282 g/mol. The van der Waals surface area contributed by atoms with Crippen molar-refractivity contribution < 1.29 is 24.9 Å². The van der Waals surface area contributed by atoms with E-state index in [1.54, 1.807) is 4.57 Å². The Morgan fingerprint density at radius 1 is 1.48 bits per heavy atom. The summed E-state index contributed by atoms with van der Waals surface area (Å²) in [6, 6.07) is 0. The molecular formula is C11H13N5O5. The van der Waals surface area contributed by atoms with Gasteiger partial charge < -0.3 is 20.1 Å². The van der Waals surface area contributed by atoms with Crippen LogP contribution >= 0.6 is 0 Å². The molecule has 3 atom stereocenters. The van der Waals surface area contributed by atoms with Crippen LogP contribution in [0.5, 0.6) is 0 Å². The summed E-state index contributed by atoms with van der Waals surface area (Å²) >= 11 is 0. The normalized spacial score (nSPS) is 25.3. The zero-order valence-electron chi connectivity index (χ0n) is 10.7. The summed E-state index contributed by atoms with van der Waals surface area (Å²) in [5, 5.41) is 29.8. The fourth-order valence-corrected chi connectivity index (χ4v) is 2.31. The van der Waals surface area contributed by atoms with E-state index in [-0.39, 0.29) is 24.4 Å². The lowest BCUT2D eigenvalue weighted by Crippen LogP contribution is -2.24. The number of aliphatic hydroxyl groups excluding tert-OH is 2. The minimum Gasteiger partial charge on any atom is -0.465 e. The lowest BCUT2D eigenvalue weighted by atomic mass is 10.2. The Bertz CT molecular complexity index is 674. The average molecular weight is 295 g/mol. The van der Waals surface area contributed by atoms with Crippen molar-refractivity contribution in [3.05, 3.63) is 12.7 Å². The van der Waals surface area contributed by atoms with Crippen LogP contribution in [0, 0.1) is 0 Å². The van der Waals surface area contributed by atoms with Gasteiger partial charge in [0.15, 0.2) is 17.0 Å². The number of hydrogen-bond donors (Lipinski definition) is 4. The fraction of sp³-hybridized carbons (Fsp3) is 0.455.